The van der Waals surface area contributed by atoms with Crippen LogP contribution < -0.4 is 5.32 Å². The van der Waals surface area contributed by atoms with Gasteiger partial charge in [0.05, 0.1) is 6.54 Å². The number of amides is 2. The highest BCUT2D eigenvalue weighted by Crippen LogP contribution is 2.36. The number of nitrogens with one attached hydrogen (secondary N) is 1. The average molecular weight is 418 g/mol. The molecule has 1 atom stereocenters. The SMILES string of the molecule is Cc1oc(-c2ccccc2)nc1CNC(=O)C1c2ccccc2C(=O)N1CC(C)(C)C. The van der Waals surface area contributed by atoms with Crippen LogP contribution >= 0.6 is 0 Å². The molecule has 4 rings (SSSR count). The highest BCUT2D eigenvalue weighted by Gasteiger charge is 2.42. The molecule has 1 aromatic heterocycles. The van der Waals surface area contributed by atoms with Crippen LogP contribution in [0.4, 0.5) is 0 Å². The minimum absolute atomic E-state index is 0.102. The van der Waals surface area contributed by atoms with Gasteiger partial charge in [0.25, 0.3) is 5.91 Å². The molecular weight excluding hydrogens is 390 g/mol. The van der Waals surface area contributed by atoms with Crippen LogP contribution in [0.5, 0.6) is 0 Å². The lowest BCUT2D eigenvalue weighted by Crippen LogP contribution is -2.42. The zero-order valence-electron chi connectivity index (χ0n) is 18.3. The monoisotopic (exact) mass is 417 g/mol. The number of hydrogen-bond acceptors (Lipinski definition) is 4. The zero-order valence-corrected chi connectivity index (χ0v) is 18.3. The minimum Gasteiger partial charge on any atom is -0.441 e. The van der Waals surface area contributed by atoms with Crippen molar-refractivity contribution in [1.82, 2.24) is 15.2 Å². The maximum absolute atomic E-state index is 13.2. The van der Waals surface area contributed by atoms with Crippen LogP contribution in [0, 0.1) is 12.3 Å². The van der Waals surface area contributed by atoms with Crippen LogP contribution in [0.2, 0.25) is 0 Å². The Morgan fingerprint density at radius 2 is 1.77 bits per heavy atom. The molecule has 0 fully saturated rings. The van der Waals surface area contributed by atoms with Crippen LogP contribution in [0.15, 0.2) is 59.0 Å². The Bertz CT molecular complexity index is 1110. The largest absolute Gasteiger partial charge is 0.441 e. The van der Waals surface area contributed by atoms with Crippen molar-refractivity contribution in [2.45, 2.75) is 40.3 Å². The van der Waals surface area contributed by atoms with E-state index < -0.39 is 6.04 Å². The highest BCUT2D eigenvalue weighted by atomic mass is 16.4. The number of rotatable bonds is 5. The van der Waals surface area contributed by atoms with E-state index in [1.807, 2.05) is 55.5 Å². The second kappa shape index (κ2) is 8.02. The quantitative estimate of drug-likeness (QED) is 0.663. The van der Waals surface area contributed by atoms with Gasteiger partial charge in [-0.25, -0.2) is 4.98 Å². The van der Waals surface area contributed by atoms with Crippen molar-refractivity contribution in [2.75, 3.05) is 6.54 Å². The maximum atomic E-state index is 13.2. The van der Waals surface area contributed by atoms with Crippen molar-refractivity contribution in [3.05, 3.63) is 77.2 Å². The minimum atomic E-state index is -0.649. The molecule has 0 saturated heterocycles. The van der Waals surface area contributed by atoms with Crippen molar-refractivity contribution in [3.8, 4) is 11.5 Å². The molecule has 0 spiro atoms. The first-order valence-electron chi connectivity index (χ1n) is 10.4. The number of aryl methyl sites for hydroxylation is 1. The average Bonchev–Trinajstić information content (AvgIpc) is 3.24. The second-order valence-corrected chi connectivity index (χ2v) is 9.09. The lowest BCUT2D eigenvalue weighted by atomic mass is 9.95. The molecule has 2 heterocycles. The van der Waals surface area contributed by atoms with Gasteiger partial charge in [0.2, 0.25) is 11.8 Å². The van der Waals surface area contributed by atoms with Crippen LogP contribution in [-0.2, 0) is 11.3 Å². The summed E-state index contributed by atoms with van der Waals surface area (Å²) < 4.78 is 5.79. The highest BCUT2D eigenvalue weighted by molar-refractivity contribution is 6.04. The van der Waals surface area contributed by atoms with Crippen LogP contribution in [-0.4, -0.2) is 28.2 Å². The second-order valence-electron chi connectivity index (χ2n) is 9.09. The van der Waals surface area contributed by atoms with Gasteiger partial charge in [-0.2, -0.15) is 0 Å². The van der Waals surface area contributed by atoms with Crippen molar-refractivity contribution < 1.29 is 14.0 Å². The van der Waals surface area contributed by atoms with E-state index in [4.69, 9.17) is 4.42 Å². The number of fused-ring (bicyclic) bond motifs is 1. The molecule has 160 valence electrons. The Kier molecular flexibility index (Phi) is 5.39. The molecular formula is C25H27N3O3. The van der Waals surface area contributed by atoms with E-state index in [1.165, 1.54) is 0 Å². The zero-order chi connectivity index (χ0) is 22.2. The molecule has 6 nitrogen and oxygen atoms in total. The summed E-state index contributed by atoms with van der Waals surface area (Å²) in [5.74, 6) is 0.868. The summed E-state index contributed by atoms with van der Waals surface area (Å²) in [4.78, 5) is 32.5. The molecule has 2 aromatic carbocycles. The lowest BCUT2D eigenvalue weighted by Gasteiger charge is -2.31. The molecule has 1 unspecified atom stereocenters. The fourth-order valence-electron chi connectivity index (χ4n) is 3.89. The Morgan fingerprint density at radius 3 is 2.48 bits per heavy atom. The first kappa shape index (κ1) is 20.8. The predicted molar refractivity (Wildman–Crippen MR) is 118 cm³/mol. The van der Waals surface area contributed by atoms with E-state index in [0.717, 1.165) is 11.1 Å². The Morgan fingerprint density at radius 1 is 1.10 bits per heavy atom. The number of benzene rings is 2. The fourth-order valence-corrected chi connectivity index (χ4v) is 3.89. The van der Waals surface area contributed by atoms with Gasteiger partial charge in [-0.05, 0) is 36.1 Å². The standard InChI is InChI=1S/C25H27N3O3/c1-16-20(27-23(31-16)17-10-6-5-7-11-17)14-26-22(29)21-18-12-8-9-13-19(18)24(30)28(21)15-25(2,3)4/h5-13,21H,14-15H2,1-4H3,(H,26,29). The molecule has 1 N–H and O–H groups in total. The third-order valence-electron chi connectivity index (χ3n) is 5.29. The smallest absolute Gasteiger partial charge is 0.255 e. The fraction of sp³-hybridized carbons (Fsp3) is 0.320. The molecule has 0 radical (unpaired) electrons. The van der Waals surface area contributed by atoms with Crippen LogP contribution in [0.25, 0.3) is 11.5 Å². The third-order valence-corrected chi connectivity index (χ3v) is 5.29. The van der Waals surface area contributed by atoms with E-state index >= 15 is 0 Å². The Labute approximate surface area is 182 Å². The normalized spacial score (nSPS) is 15.8. The third kappa shape index (κ3) is 4.24. The molecule has 31 heavy (non-hydrogen) atoms. The first-order valence-corrected chi connectivity index (χ1v) is 10.4. The van der Waals surface area contributed by atoms with Crippen LogP contribution in [0.3, 0.4) is 0 Å². The predicted octanol–water partition coefficient (Wildman–Crippen LogP) is 4.51. The van der Waals surface area contributed by atoms with Gasteiger partial charge >= 0.3 is 0 Å². The molecule has 1 aliphatic rings. The number of carbonyl (C=O) groups excluding carboxylic acids is 2. The van der Waals surface area contributed by atoms with E-state index in [-0.39, 0.29) is 23.8 Å². The Hall–Kier alpha value is -3.41. The molecule has 3 aromatic rings. The van der Waals surface area contributed by atoms with E-state index in [9.17, 15) is 9.59 Å². The van der Waals surface area contributed by atoms with Gasteiger partial charge in [0, 0.05) is 17.7 Å². The number of oxazole rings is 1. The number of hydrogen-bond donors (Lipinski definition) is 1. The molecule has 0 aliphatic carbocycles. The maximum Gasteiger partial charge on any atom is 0.255 e. The van der Waals surface area contributed by atoms with Gasteiger partial charge in [-0.15, -0.1) is 0 Å². The topological polar surface area (TPSA) is 75.4 Å². The summed E-state index contributed by atoms with van der Waals surface area (Å²) in [7, 11) is 0. The number of aromatic nitrogens is 1. The Balaban J connectivity index is 1.55. The van der Waals surface area contributed by atoms with Gasteiger partial charge in [-0.1, -0.05) is 57.2 Å². The van der Waals surface area contributed by atoms with Gasteiger partial charge < -0.3 is 14.6 Å². The van der Waals surface area contributed by atoms with Gasteiger partial charge in [0.15, 0.2) is 0 Å². The summed E-state index contributed by atoms with van der Waals surface area (Å²) in [6.07, 6.45) is 0. The molecule has 0 saturated carbocycles. The number of nitrogens with zero attached hydrogens (tertiary/aromatic N) is 2. The summed E-state index contributed by atoms with van der Waals surface area (Å²) in [5, 5.41) is 2.97. The summed E-state index contributed by atoms with van der Waals surface area (Å²) in [6.45, 7) is 8.73. The van der Waals surface area contributed by atoms with Crippen molar-refractivity contribution >= 4 is 11.8 Å². The van der Waals surface area contributed by atoms with E-state index in [1.54, 1.807) is 11.0 Å². The van der Waals surface area contributed by atoms with Crippen molar-refractivity contribution in [3.63, 3.8) is 0 Å². The summed E-state index contributed by atoms with van der Waals surface area (Å²) in [5.41, 5.74) is 2.76. The van der Waals surface area contributed by atoms with E-state index in [2.05, 4.69) is 31.1 Å². The van der Waals surface area contributed by atoms with Crippen LogP contribution in [0.1, 0.15) is 54.2 Å². The molecule has 0 bridgehead atoms. The van der Waals surface area contributed by atoms with Crippen molar-refractivity contribution in [1.29, 1.82) is 0 Å². The summed E-state index contributed by atoms with van der Waals surface area (Å²) >= 11 is 0. The van der Waals surface area contributed by atoms with Crippen molar-refractivity contribution in [2.24, 2.45) is 5.41 Å². The first-order chi connectivity index (χ1) is 14.7. The molecule has 2 amide bonds. The molecule has 6 heteroatoms. The van der Waals surface area contributed by atoms with Gasteiger partial charge in [-0.3, -0.25) is 9.59 Å². The summed E-state index contributed by atoms with van der Waals surface area (Å²) in [6, 6.07) is 16.3. The van der Waals surface area contributed by atoms with Gasteiger partial charge in [0.1, 0.15) is 17.5 Å². The van der Waals surface area contributed by atoms with E-state index in [0.29, 0.717) is 29.5 Å². The lowest BCUT2D eigenvalue weighted by molar-refractivity contribution is -0.126. The number of carbonyl (C=O) groups is 2. The molecule has 1 aliphatic heterocycles.